The van der Waals surface area contributed by atoms with Crippen LogP contribution in [0, 0.1) is 10.5 Å². The van der Waals surface area contributed by atoms with Crippen LogP contribution in [-0.2, 0) is 16.4 Å². The van der Waals surface area contributed by atoms with Crippen molar-refractivity contribution in [3.05, 3.63) is 62.9 Å². The molecule has 0 atom stereocenters. The van der Waals surface area contributed by atoms with E-state index in [9.17, 15) is 8.42 Å². The zero-order valence-electron chi connectivity index (χ0n) is 13.4. The molecular weight excluding hydrogens is 469 g/mol. The molecule has 0 amide bonds. The second-order valence-electron chi connectivity index (χ2n) is 5.37. The molecule has 0 saturated heterocycles. The summed E-state index contributed by atoms with van der Waals surface area (Å²) >= 11 is 3.72. The molecule has 130 valence electrons. The highest BCUT2D eigenvalue weighted by molar-refractivity contribution is 14.1. The molecule has 1 N–H and O–H groups in total. The number of sulfonamides is 1. The molecule has 0 fully saturated rings. The molecule has 0 aliphatic rings. The smallest absolute Gasteiger partial charge is 0.240 e. The van der Waals surface area contributed by atoms with Gasteiger partial charge in [-0.2, -0.15) is 0 Å². The van der Waals surface area contributed by atoms with E-state index in [4.69, 9.17) is 0 Å². The van der Waals surface area contributed by atoms with Crippen molar-refractivity contribution in [3.63, 3.8) is 0 Å². The molecule has 2 heterocycles. The fourth-order valence-electron chi connectivity index (χ4n) is 2.27. The minimum Gasteiger partial charge on any atom is -0.264 e. The lowest BCUT2D eigenvalue weighted by Crippen LogP contribution is -2.25. The number of benzene rings is 1. The van der Waals surface area contributed by atoms with Crippen LogP contribution in [0.2, 0.25) is 0 Å². The molecule has 0 aliphatic heterocycles. The second-order valence-corrected chi connectivity index (χ2v) is 9.47. The highest BCUT2D eigenvalue weighted by Gasteiger charge is 2.14. The van der Waals surface area contributed by atoms with E-state index in [0.29, 0.717) is 13.0 Å². The van der Waals surface area contributed by atoms with E-state index in [2.05, 4.69) is 37.3 Å². The maximum absolute atomic E-state index is 12.3. The average Bonchev–Trinajstić information content (AvgIpc) is 2.97. The van der Waals surface area contributed by atoms with Crippen LogP contribution < -0.4 is 4.72 Å². The lowest BCUT2D eigenvalue weighted by molar-refractivity contribution is 0.581. The van der Waals surface area contributed by atoms with Gasteiger partial charge in [-0.1, -0.05) is 0 Å². The van der Waals surface area contributed by atoms with Crippen LogP contribution >= 0.6 is 33.9 Å². The SMILES string of the molecule is Cc1nc(-c2cccnc2)sc1CCNS(=O)(=O)c1ccc(I)cc1. The van der Waals surface area contributed by atoms with Gasteiger partial charge in [-0.25, -0.2) is 18.1 Å². The first-order valence-corrected chi connectivity index (χ1v) is 11.0. The number of thiazole rings is 1. The number of halogens is 1. The summed E-state index contributed by atoms with van der Waals surface area (Å²) < 4.78 is 28.3. The molecule has 3 aromatic rings. The zero-order valence-corrected chi connectivity index (χ0v) is 17.2. The number of rotatable bonds is 6. The molecule has 25 heavy (non-hydrogen) atoms. The summed E-state index contributed by atoms with van der Waals surface area (Å²) in [6.07, 6.45) is 4.11. The van der Waals surface area contributed by atoms with E-state index in [1.54, 1.807) is 48.0 Å². The largest absolute Gasteiger partial charge is 0.264 e. The molecular formula is C17H16IN3O2S2. The fraction of sp³-hybridized carbons (Fsp3) is 0.176. The van der Waals surface area contributed by atoms with Crippen LogP contribution in [0.15, 0.2) is 53.7 Å². The van der Waals surface area contributed by atoms with Crippen molar-refractivity contribution in [2.75, 3.05) is 6.54 Å². The fourth-order valence-corrected chi connectivity index (χ4v) is 4.71. The van der Waals surface area contributed by atoms with Gasteiger partial charge in [-0.05, 0) is 72.3 Å². The normalized spacial score (nSPS) is 11.6. The molecule has 0 radical (unpaired) electrons. The van der Waals surface area contributed by atoms with E-state index in [1.807, 2.05) is 19.1 Å². The van der Waals surface area contributed by atoms with Crippen LogP contribution in [0.4, 0.5) is 0 Å². The van der Waals surface area contributed by atoms with Gasteiger partial charge in [0.15, 0.2) is 0 Å². The van der Waals surface area contributed by atoms with E-state index in [-0.39, 0.29) is 4.90 Å². The van der Waals surface area contributed by atoms with Crippen LogP contribution in [0.1, 0.15) is 10.6 Å². The third-order valence-electron chi connectivity index (χ3n) is 3.57. The molecule has 2 aromatic heterocycles. The Bertz CT molecular complexity index is 955. The van der Waals surface area contributed by atoms with E-state index in [1.165, 1.54) is 0 Å². The van der Waals surface area contributed by atoms with Gasteiger partial charge in [0, 0.05) is 32.9 Å². The predicted molar refractivity (Wildman–Crippen MR) is 108 cm³/mol. The quantitative estimate of drug-likeness (QED) is 0.542. The van der Waals surface area contributed by atoms with Crippen molar-refractivity contribution in [1.82, 2.24) is 14.7 Å². The summed E-state index contributed by atoms with van der Waals surface area (Å²) in [6, 6.07) is 10.6. The Balaban J connectivity index is 1.66. The van der Waals surface area contributed by atoms with E-state index in [0.717, 1.165) is 24.7 Å². The maximum Gasteiger partial charge on any atom is 0.240 e. The first-order valence-electron chi connectivity index (χ1n) is 7.57. The number of hydrogen-bond donors (Lipinski definition) is 1. The van der Waals surface area contributed by atoms with E-state index < -0.39 is 10.0 Å². The lowest BCUT2D eigenvalue weighted by atomic mass is 10.3. The van der Waals surface area contributed by atoms with Gasteiger partial charge in [0.05, 0.1) is 10.6 Å². The molecule has 0 bridgehead atoms. The highest BCUT2D eigenvalue weighted by Crippen LogP contribution is 2.27. The van der Waals surface area contributed by atoms with Crippen molar-refractivity contribution in [1.29, 1.82) is 0 Å². The first-order chi connectivity index (χ1) is 12.0. The van der Waals surface area contributed by atoms with Crippen molar-refractivity contribution in [2.45, 2.75) is 18.2 Å². The topological polar surface area (TPSA) is 72.0 Å². The van der Waals surface area contributed by atoms with Gasteiger partial charge in [0.1, 0.15) is 5.01 Å². The Hall–Kier alpha value is -1.36. The monoisotopic (exact) mass is 485 g/mol. The van der Waals surface area contributed by atoms with Crippen molar-refractivity contribution < 1.29 is 8.42 Å². The third-order valence-corrected chi connectivity index (χ3v) is 7.03. The van der Waals surface area contributed by atoms with Gasteiger partial charge in [0.2, 0.25) is 10.0 Å². The minimum absolute atomic E-state index is 0.282. The molecule has 0 saturated carbocycles. The van der Waals surface area contributed by atoms with Gasteiger partial charge in [0.25, 0.3) is 0 Å². The molecule has 3 rings (SSSR count). The summed E-state index contributed by atoms with van der Waals surface area (Å²) in [5.74, 6) is 0. The lowest BCUT2D eigenvalue weighted by Gasteiger charge is -2.06. The van der Waals surface area contributed by atoms with Crippen LogP contribution in [0.25, 0.3) is 10.6 Å². The number of nitrogens with one attached hydrogen (secondary N) is 1. The summed E-state index contributed by atoms with van der Waals surface area (Å²) in [5, 5.41) is 0.904. The summed E-state index contributed by atoms with van der Waals surface area (Å²) in [7, 11) is -3.48. The van der Waals surface area contributed by atoms with Gasteiger partial charge in [-0.15, -0.1) is 11.3 Å². The minimum atomic E-state index is -3.48. The molecule has 0 aliphatic carbocycles. The molecule has 1 aromatic carbocycles. The maximum atomic E-state index is 12.3. The predicted octanol–water partition coefficient (Wildman–Crippen LogP) is 3.64. The Kier molecular flexibility index (Phi) is 5.82. The third kappa shape index (κ3) is 4.63. The highest BCUT2D eigenvalue weighted by atomic mass is 127. The number of aryl methyl sites for hydroxylation is 1. The van der Waals surface area contributed by atoms with Gasteiger partial charge in [-0.3, -0.25) is 4.98 Å². The van der Waals surface area contributed by atoms with E-state index >= 15 is 0 Å². The molecule has 0 spiro atoms. The van der Waals surface area contributed by atoms with Gasteiger partial charge >= 0.3 is 0 Å². The Labute approximate surface area is 164 Å². The second kappa shape index (κ2) is 7.90. The number of nitrogens with zero attached hydrogens (tertiary/aromatic N) is 2. The summed E-state index contributed by atoms with van der Waals surface area (Å²) in [6.45, 7) is 2.28. The molecule has 5 nitrogen and oxygen atoms in total. The number of hydrogen-bond acceptors (Lipinski definition) is 5. The van der Waals surface area contributed by atoms with Gasteiger partial charge < -0.3 is 0 Å². The van der Waals surface area contributed by atoms with Crippen molar-refractivity contribution in [2.24, 2.45) is 0 Å². The zero-order chi connectivity index (χ0) is 17.9. The summed E-state index contributed by atoms with van der Waals surface area (Å²) in [4.78, 5) is 10.0. The average molecular weight is 485 g/mol. The Morgan fingerprint density at radius 1 is 1.20 bits per heavy atom. The molecule has 0 unspecified atom stereocenters. The Morgan fingerprint density at radius 2 is 1.96 bits per heavy atom. The first kappa shape index (κ1) is 18.4. The Morgan fingerprint density at radius 3 is 2.64 bits per heavy atom. The molecule has 8 heteroatoms. The standard InChI is InChI=1S/C17H16IN3O2S2/c1-12-16(24-17(21-12)13-3-2-9-19-11-13)8-10-20-25(22,23)15-6-4-14(18)5-7-15/h2-7,9,11,20H,8,10H2,1H3. The van der Waals surface area contributed by atoms with Crippen molar-refractivity contribution in [3.8, 4) is 10.6 Å². The number of aromatic nitrogens is 2. The van der Waals surface area contributed by atoms with Crippen LogP contribution in [-0.4, -0.2) is 24.9 Å². The number of pyridine rings is 1. The van der Waals surface area contributed by atoms with Crippen LogP contribution in [0.5, 0.6) is 0 Å². The van der Waals surface area contributed by atoms with Crippen LogP contribution in [0.3, 0.4) is 0 Å². The van der Waals surface area contributed by atoms with Crippen molar-refractivity contribution >= 4 is 44.0 Å². The summed E-state index contributed by atoms with van der Waals surface area (Å²) in [5.41, 5.74) is 1.90.